The number of aryl methyl sites for hydroxylation is 1. The Labute approximate surface area is 115 Å². The van der Waals surface area contributed by atoms with Crippen molar-refractivity contribution in [1.29, 1.82) is 0 Å². The Morgan fingerprint density at radius 1 is 1.21 bits per heavy atom. The van der Waals surface area contributed by atoms with Gasteiger partial charge in [-0.1, -0.05) is 12.8 Å². The van der Waals surface area contributed by atoms with E-state index in [9.17, 15) is 0 Å². The quantitative estimate of drug-likeness (QED) is 0.875. The van der Waals surface area contributed by atoms with Gasteiger partial charge in [-0.3, -0.25) is 0 Å². The third-order valence-electron chi connectivity index (χ3n) is 3.87. The van der Waals surface area contributed by atoms with Crippen LogP contribution in [0.25, 0.3) is 0 Å². The number of aromatic nitrogens is 2. The van der Waals surface area contributed by atoms with Crippen LogP contribution in [0.5, 0.6) is 0 Å². The van der Waals surface area contributed by atoms with E-state index >= 15 is 0 Å². The van der Waals surface area contributed by atoms with Gasteiger partial charge in [-0.2, -0.15) is 0 Å². The fourth-order valence-corrected chi connectivity index (χ4v) is 2.66. The average molecular weight is 264 g/mol. The summed E-state index contributed by atoms with van der Waals surface area (Å²) >= 11 is 0. The summed E-state index contributed by atoms with van der Waals surface area (Å²) < 4.78 is 0. The van der Waals surface area contributed by atoms with Gasteiger partial charge >= 0.3 is 0 Å². The first-order chi connectivity index (χ1) is 9.11. The topological polar surface area (TPSA) is 52.5 Å². The molecule has 5 heteroatoms. The second kappa shape index (κ2) is 6.19. The van der Waals surface area contributed by atoms with Crippen molar-refractivity contribution in [1.82, 2.24) is 9.97 Å². The molecule has 1 aromatic heterocycles. The molecule has 2 rings (SSSR count). The predicted octanol–water partition coefficient (Wildman–Crippen LogP) is 1.59. The molecule has 106 valence electrons. The maximum Gasteiger partial charge on any atom is 0.134 e. The molecular weight excluding hydrogens is 240 g/mol. The number of aliphatic hydroxyl groups is 1. The second-order valence-corrected chi connectivity index (χ2v) is 5.33. The van der Waals surface area contributed by atoms with Crippen LogP contribution in [-0.4, -0.2) is 48.4 Å². The molecule has 0 spiro atoms. The van der Waals surface area contributed by atoms with Crippen LogP contribution in [0.3, 0.4) is 0 Å². The Morgan fingerprint density at radius 3 is 2.47 bits per heavy atom. The largest absolute Gasteiger partial charge is 0.395 e. The lowest BCUT2D eigenvalue weighted by Crippen LogP contribution is -2.30. The maximum absolute atomic E-state index is 9.02. The van der Waals surface area contributed by atoms with Crippen LogP contribution < -0.4 is 9.80 Å². The van der Waals surface area contributed by atoms with Gasteiger partial charge in [0.1, 0.15) is 17.5 Å². The van der Waals surface area contributed by atoms with E-state index in [1.165, 1.54) is 25.7 Å². The van der Waals surface area contributed by atoms with Gasteiger partial charge in [-0.05, 0) is 19.8 Å². The number of hydrogen-bond acceptors (Lipinski definition) is 5. The van der Waals surface area contributed by atoms with Gasteiger partial charge in [-0.15, -0.1) is 0 Å². The average Bonchev–Trinajstić information content (AvgIpc) is 2.91. The highest BCUT2D eigenvalue weighted by molar-refractivity contribution is 5.50. The Balaban J connectivity index is 2.20. The van der Waals surface area contributed by atoms with Gasteiger partial charge in [0.25, 0.3) is 0 Å². The highest BCUT2D eigenvalue weighted by Gasteiger charge is 2.21. The minimum absolute atomic E-state index is 0.132. The maximum atomic E-state index is 9.02. The van der Waals surface area contributed by atoms with Crippen LogP contribution in [0.15, 0.2) is 6.07 Å². The molecule has 19 heavy (non-hydrogen) atoms. The zero-order chi connectivity index (χ0) is 13.8. The van der Waals surface area contributed by atoms with Gasteiger partial charge in [0, 0.05) is 32.7 Å². The van der Waals surface area contributed by atoms with Gasteiger partial charge in [0.05, 0.1) is 6.61 Å². The van der Waals surface area contributed by atoms with Gasteiger partial charge in [0.2, 0.25) is 0 Å². The molecule has 0 radical (unpaired) electrons. The van der Waals surface area contributed by atoms with Crippen LogP contribution in [0, 0.1) is 6.92 Å². The van der Waals surface area contributed by atoms with E-state index in [2.05, 4.69) is 21.9 Å². The Kier molecular flexibility index (Phi) is 4.58. The smallest absolute Gasteiger partial charge is 0.134 e. The standard InChI is InChI=1S/C14H24N4O/c1-11-15-13(17(2)8-9-19)10-14(16-11)18(3)12-6-4-5-7-12/h10,12,19H,4-9H2,1-3H3. The molecule has 5 nitrogen and oxygen atoms in total. The zero-order valence-electron chi connectivity index (χ0n) is 12.1. The summed E-state index contributed by atoms with van der Waals surface area (Å²) in [4.78, 5) is 13.2. The minimum Gasteiger partial charge on any atom is -0.395 e. The molecule has 1 N–H and O–H groups in total. The molecule has 0 aromatic carbocycles. The van der Waals surface area contributed by atoms with Gasteiger partial charge < -0.3 is 14.9 Å². The third-order valence-corrected chi connectivity index (χ3v) is 3.87. The number of anilines is 2. The number of likely N-dealkylation sites (N-methyl/N-ethyl adjacent to an activating group) is 1. The molecular formula is C14H24N4O. The van der Waals surface area contributed by atoms with Crippen molar-refractivity contribution < 1.29 is 5.11 Å². The third kappa shape index (κ3) is 3.35. The summed E-state index contributed by atoms with van der Waals surface area (Å²) in [6.07, 6.45) is 5.13. The summed E-state index contributed by atoms with van der Waals surface area (Å²) in [5, 5.41) is 9.02. The lowest BCUT2D eigenvalue weighted by Gasteiger charge is -2.27. The highest BCUT2D eigenvalue weighted by atomic mass is 16.3. The molecule has 0 amide bonds. The Hall–Kier alpha value is -1.36. The summed E-state index contributed by atoms with van der Waals surface area (Å²) in [5.41, 5.74) is 0. The van der Waals surface area contributed by atoms with Crippen molar-refractivity contribution in [3.63, 3.8) is 0 Å². The zero-order valence-corrected chi connectivity index (χ0v) is 12.1. The SMILES string of the molecule is Cc1nc(N(C)CCO)cc(N(C)C2CCCC2)n1. The lowest BCUT2D eigenvalue weighted by molar-refractivity contribution is 0.304. The predicted molar refractivity (Wildman–Crippen MR) is 77.8 cm³/mol. The van der Waals surface area contributed by atoms with Crippen molar-refractivity contribution in [2.75, 3.05) is 37.0 Å². The highest BCUT2D eigenvalue weighted by Crippen LogP contribution is 2.27. The number of hydrogen-bond donors (Lipinski definition) is 1. The molecule has 0 aliphatic heterocycles. The fourth-order valence-electron chi connectivity index (χ4n) is 2.66. The molecule has 1 aromatic rings. The van der Waals surface area contributed by atoms with Crippen LogP contribution in [-0.2, 0) is 0 Å². The Bertz CT molecular complexity index is 418. The number of rotatable bonds is 5. The first kappa shape index (κ1) is 14.1. The molecule has 1 aliphatic carbocycles. The van der Waals surface area contributed by atoms with E-state index < -0.39 is 0 Å². The van der Waals surface area contributed by atoms with E-state index in [4.69, 9.17) is 5.11 Å². The van der Waals surface area contributed by atoms with Gasteiger partial charge in [0.15, 0.2) is 0 Å². The van der Waals surface area contributed by atoms with Crippen molar-refractivity contribution in [3.8, 4) is 0 Å². The first-order valence-electron chi connectivity index (χ1n) is 7.02. The normalized spacial score (nSPS) is 15.8. The lowest BCUT2D eigenvalue weighted by atomic mass is 10.2. The minimum atomic E-state index is 0.132. The molecule has 1 saturated carbocycles. The van der Waals surface area contributed by atoms with Crippen LogP contribution >= 0.6 is 0 Å². The van der Waals surface area contributed by atoms with E-state index in [0.29, 0.717) is 12.6 Å². The monoisotopic (exact) mass is 264 g/mol. The summed E-state index contributed by atoms with van der Waals surface area (Å²) in [7, 11) is 4.06. The van der Waals surface area contributed by atoms with Crippen molar-refractivity contribution in [2.45, 2.75) is 38.6 Å². The van der Waals surface area contributed by atoms with E-state index in [1.807, 2.05) is 24.9 Å². The van der Waals surface area contributed by atoms with E-state index in [0.717, 1.165) is 17.5 Å². The van der Waals surface area contributed by atoms with Crippen LogP contribution in [0.4, 0.5) is 11.6 Å². The fraction of sp³-hybridized carbons (Fsp3) is 0.714. The van der Waals surface area contributed by atoms with E-state index in [-0.39, 0.29) is 6.61 Å². The molecule has 0 saturated heterocycles. The second-order valence-electron chi connectivity index (χ2n) is 5.33. The van der Waals surface area contributed by atoms with Gasteiger partial charge in [-0.25, -0.2) is 9.97 Å². The molecule has 0 atom stereocenters. The summed E-state index contributed by atoms with van der Waals surface area (Å²) in [6.45, 7) is 2.64. The van der Waals surface area contributed by atoms with Crippen molar-refractivity contribution in [2.24, 2.45) is 0 Å². The Morgan fingerprint density at radius 2 is 1.84 bits per heavy atom. The number of nitrogens with zero attached hydrogens (tertiary/aromatic N) is 4. The summed E-state index contributed by atoms with van der Waals surface area (Å²) in [6, 6.07) is 2.62. The van der Waals surface area contributed by atoms with Crippen LogP contribution in [0.1, 0.15) is 31.5 Å². The first-order valence-corrected chi connectivity index (χ1v) is 7.02. The molecule has 0 unspecified atom stereocenters. The van der Waals surface area contributed by atoms with Crippen molar-refractivity contribution in [3.05, 3.63) is 11.9 Å². The number of aliphatic hydroxyl groups excluding tert-OH is 1. The summed E-state index contributed by atoms with van der Waals surface area (Å²) in [5.74, 6) is 2.64. The van der Waals surface area contributed by atoms with Crippen molar-refractivity contribution >= 4 is 11.6 Å². The molecule has 0 bridgehead atoms. The molecule has 1 aliphatic rings. The van der Waals surface area contributed by atoms with Crippen LogP contribution in [0.2, 0.25) is 0 Å². The molecule has 1 heterocycles. The van der Waals surface area contributed by atoms with E-state index in [1.54, 1.807) is 0 Å². The molecule has 1 fully saturated rings.